The van der Waals surface area contributed by atoms with Gasteiger partial charge >= 0.3 is 0 Å². The van der Waals surface area contributed by atoms with Gasteiger partial charge in [-0.3, -0.25) is 4.79 Å². The van der Waals surface area contributed by atoms with E-state index in [1.54, 1.807) is 0 Å². The second-order valence-electron chi connectivity index (χ2n) is 4.34. The summed E-state index contributed by atoms with van der Waals surface area (Å²) in [6.45, 7) is 4.33. The largest absolute Gasteiger partial charge is 0.379 e. The van der Waals surface area contributed by atoms with Crippen molar-refractivity contribution in [2.45, 2.75) is 32.2 Å². The summed E-state index contributed by atoms with van der Waals surface area (Å²) in [5, 5.41) is 3.33. The Morgan fingerprint density at radius 2 is 2.21 bits per heavy atom. The molecule has 1 aliphatic carbocycles. The predicted molar refractivity (Wildman–Crippen MR) is 54.1 cm³/mol. The summed E-state index contributed by atoms with van der Waals surface area (Å²) < 4.78 is 5.38. The first-order valence-corrected chi connectivity index (χ1v) is 5.67. The molecule has 2 fully saturated rings. The molecule has 0 aromatic heterocycles. The topological polar surface area (TPSA) is 38.3 Å². The van der Waals surface area contributed by atoms with Crippen LogP contribution in [0.3, 0.4) is 0 Å². The number of carbonyl (C=O) groups is 1. The lowest BCUT2D eigenvalue weighted by Crippen LogP contribution is -2.42. The number of likely N-dealkylation sites (N-methyl/N-ethyl adjacent to an activating group) is 1. The fraction of sp³-hybridized carbons (Fsp3) is 0.909. The number of Topliss-reactive ketones (excluding diaryl/α,β-unsaturated/α-hetero) is 1. The number of hydrogen-bond donors (Lipinski definition) is 1. The lowest BCUT2D eigenvalue weighted by molar-refractivity contribution is -0.129. The number of carbonyl (C=O) groups excluding carboxylic acids is 1. The Bertz CT molecular complexity index is 213. The summed E-state index contributed by atoms with van der Waals surface area (Å²) in [6.07, 6.45) is 3.44. The molecule has 2 rings (SSSR count). The van der Waals surface area contributed by atoms with Crippen molar-refractivity contribution < 1.29 is 9.53 Å². The number of rotatable bonds is 4. The molecule has 0 spiro atoms. The monoisotopic (exact) mass is 197 g/mol. The van der Waals surface area contributed by atoms with Crippen molar-refractivity contribution in [3.05, 3.63) is 0 Å². The van der Waals surface area contributed by atoms with E-state index in [1.807, 2.05) is 0 Å². The van der Waals surface area contributed by atoms with Gasteiger partial charge < -0.3 is 10.1 Å². The van der Waals surface area contributed by atoms with E-state index in [0.29, 0.717) is 24.9 Å². The van der Waals surface area contributed by atoms with Crippen molar-refractivity contribution in [3.63, 3.8) is 0 Å². The van der Waals surface area contributed by atoms with Crippen molar-refractivity contribution in [3.8, 4) is 0 Å². The minimum Gasteiger partial charge on any atom is -0.379 e. The zero-order valence-electron chi connectivity index (χ0n) is 8.79. The van der Waals surface area contributed by atoms with Crippen LogP contribution in [0.1, 0.15) is 26.2 Å². The lowest BCUT2D eigenvalue weighted by atomic mass is 9.77. The maximum absolute atomic E-state index is 12.0. The van der Waals surface area contributed by atoms with Crippen molar-refractivity contribution >= 4 is 5.78 Å². The number of nitrogens with one attached hydrogen (secondary N) is 1. The van der Waals surface area contributed by atoms with Crippen LogP contribution in [0.2, 0.25) is 0 Å². The van der Waals surface area contributed by atoms with E-state index >= 15 is 0 Å². The third-order valence-corrected chi connectivity index (χ3v) is 3.42. The van der Waals surface area contributed by atoms with Gasteiger partial charge in [0, 0.05) is 12.0 Å². The molecule has 1 aliphatic heterocycles. The van der Waals surface area contributed by atoms with Gasteiger partial charge in [-0.2, -0.15) is 0 Å². The summed E-state index contributed by atoms with van der Waals surface area (Å²) in [7, 11) is 0. The van der Waals surface area contributed by atoms with Crippen LogP contribution in [0.4, 0.5) is 0 Å². The van der Waals surface area contributed by atoms with Crippen LogP contribution in [-0.2, 0) is 9.53 Å². The Morgan fingerprint density at radius 1 is 1.43 bits per heavy atom. The molecule has 0 bridgehead atoms. The minimum atomic E-state index is 0.125. The van der Waals surface area contributed by atoms with E-state index < -0.39 is 0 Å². The zero-order valence-corrected chi connectivity index (χ0v) is 8.79. The average Bonchev–Trinajstić information content (AvgIpc) is 2.49. The smallest absolute Gasteiger partial charge is 0.142 e. The highest BCUT2D eigenvalue weighted by Gasteiger charge is 2.38. The molecule has 1 saturated carbocycles. The van der Waals surface area contributed by atoms with Gasteiger partial charge in [0.25, 0.3) is 0 Å². The molecule has 0 aromatic rings. The first-order valence-electron chi connectivity index (χ1n) is 5.67. The number of hydrogen-bond acceptors (Lipinski definition) is 3. The molecule has 14 heavy (non-hydrogen) atoms. The van der Waals surface area contributed by atoms with E-state index in [-0.39, 0.29) is 12.0 Å². The lowest BCUT2D eigenvalue weighted by Gasteiger charge is -2.28. The summed E-state index contributed by atoms with van der Waals surface area (Å²) >= 11 is 0. The quantitative estimate of drug-likeness (QED) is 0.730. The molecule has 2 unspecified atom stereocenters. The maximum Gasteiger partial charge on any atom is 0.142 e. The van der Waals surface area contributed by atoms with Gasteiger partial charge in [0.15, 0.2) is 0 Å². The number of ketones is 1. The Balaban J connectivity index is 1.90. The van der Waals surface area contributed by atoms with Crippen molar-refractivity contribution in [2.24, 2.45) is 11.8 Å². The van der Waals surface area contributed by atoms with E-state index in [1.165, 1.54) is 6.42 Å². The van der Waals surface area contributed by atoms with Gasteiger partial charge in [-0.05, 0) is 19.4 Å². The third-order valence-electron chi connectivity index (χ3n) is 3.42. The molecule has 3 nitrogen and oxygen atoms in total. The standard InChI is InChI=1S/C11H19NO2/c1-2-12-10-7-14-6-9(10)11(13)8-4-3-5-8/h8-10,12H,2-7H2,1H3. The molecule has 3 heteroatoms. The molecular weight excluding hydrogens is 178 g/mol. The molecule has 80 valence electrons. The highest BCUT2D eigenvalue weighted by Crippen LogP contribution is 2.31. The Hall–Kier alpha value is -0.410. The van der Waals surface area contributed by atoms with E-state index in [4.69, 9.17) is 4.74 Å². The molecule has 0 amide bonds. The van der Waals surface area contributed by atoms with Gasteiger partial charge in [0.2, 0.25) is 0 Å². The summed E-state index contributed by atoms with van der Waals surface area (Å²) in [6, 6.07) is 0.271. The Kier molecular flexibility index (Phi) is 3.19. The first-order chi connectivity index (χ1) is 6.83. The first kappa shape index (κ1) is 10.1. The van der Waals surface area contributed by atoms with Gasteiger partial charge in [0.1, 0.15) is 5.78 Å². The SMILES string of the molecule is CCNC1COCC1C(=O)C1CCC1. The van der Waals surface area contributed by atoms with E-state index in [9.17, 15) is 4.79 Å². The summed E-state index contributed by atoms with van der Waals surface area (Å²) in [5.41, 5.74) is 0. The van der Waals surface area contributed by atoms with E-state index in [2.05, 4.69) is 12.2 Å². The molecule has 1 saturated heterocycles. The van der Waals surface area contributed by atoms with Crippen LogP contribution in [0.15, 0.2) is 0 Å². The minimum absolute atomic E-state index is 0.125. The predicted octanol–water partition coefficient (Wildman–Crippen LogP) is 0.980. The van der Waals surface area contributed by atoms with Crippen LogP contribution in [0.25, 0.3) is 0 Å². The normalized spacial score (nSPS) is 32.9. The molecule has 2 aliphatic rings. The highest BCUT2D eigenvalue weighted by atomic mass is 16.5. The van der Waals surface area contributed by atoms with E-state index in [0.717, 1.165) is 19.4 Å². The second-order valence-corrected chi connectivity index (χ2v) is 4.34. The fourth-order valence-electron chi connectivity index (χ4n) is 2.29. The molecular formula is C11H19NO2. The Labute approximate surface area is 85.2 Å². The molecule has 2 atom stereocenters. The third kappa shape index (κ3) is 1.84. The Morgan fingerprint density at radius 3 is 2.79 bits per heavy atom. The van der Waals surface area contributed by atoms with Crippen LogP contribution in [0, 0.1) is 11.8 Å². The molecule has 0 radical (unpaired) electrons. The van der Waals surface area contributed by atoms with Crippen molar-refractivity contribution in [1.29, 1.82) is 0 Å². The van der Waals surface area contributed by atoms with Gasteiger partial charge in [-0.15, -0.1) is 0 Å². The molecule has 0 aromatic carbocycles. The summed E-state index contributed by atoms with van der Waals surface area (Å²) in [4.78, 5) is 12.0. The molecule has 1 N–H and O–H groups in total. The zero-order chi connectivity index (χ0) is 9.97. The van der Waals surface area contributed by atoms with Crippen LogP contribution in [0.5, 0.6) is 0 Å². The fourth-order valence-corrected chi connectivity index (χ4v) is 2.29. The summed E-state index contributed by atoms with van der Waals surface area (Å²) in [5.74, 6) is 0.919. The highest BCUT2D eigenvalue weighted by molar-refractivity contribution is 5.85. The van der Waals surface area contributed by atoms with Crippen LogP contribution in [-0.4, -0.2) is 31.6 Å². The maximum atomic E-state index is 12.0. The van der Waals surface area contributed by atoms with Crippen LogP contribution < -0.4 is 5.32 Å². The van der Waals surface area contributed by atoms with Gasteiger partial charge in [-0.25, -0.2) is 0 Å². The van der Waals surface area contributed by atoms with Gasteiger partial charge in [-0.1, -0.05) is 13.3 Å². The van der Waals surface area contributed by atoms with Crippen molar-refractivity contribution in [1.82, 2.24) is 5.32 Å². The van der Waals surface area contributed by atoms with Crippen molar-refractivity contribution in [2.75, 3.05) is 19.8 Å². The second kappa shape index (κ2) is 4.41. The average molecular weight is 197 g/mol. The van der Waals surface area contributed by atoms with Gasteiger partial charge in [0.05, 0.1) is 19.1 Å². The number of ether oxygens (including phenoxy) is 1. The molecule has 1 heterocycles. The van der Waals surface area contributed by atoms with Crippen LogP contribution >= 0.6 is 0 Å².